The third kappa shape index (κ3) is 3.40. The van der Waals surface area contributed by atoms with Crippen molar-refractivity contribution in [1.82, 2.24) is 14.5 Å². The molecule has 9 heteroatoms. The average molecular weight is 453 g/mol. The van der Waals surface area contributed by atoms with E-state index in [1.807, 2.05) is 44.2 Å². The highest BCUT2D eigenvalue weighted by Gasteiger charge is 2.37. The Morgan fingerprint density at radius 2 is 1.90 bits per heavy atom. The summed E-state index contributed by atoms with van der Waals surface area (Å²) in [6.07, 6.45) is 4.00. The highest BCUT2D eigenvalue weighted by atomic mass is 35.5. The lowest BCUT2D eigenvalue weighted by atomic mass is 10.1. The smallest absolute Gasteiger partial charge is 0.283 e. The molecule has 31 heavy (non-hydrogen) atoms. The third-order valence-electron chi connectivity index (χ3n) is 5.68. The Morgan fingerprint density at radius 1 is 1.16 bits per heavy atom. The molecular formula is C22H21ClN6OS. The molecule has 0 aliphatic carbocycles. The van der Waals surface area contributed by atoms with Gasteiger partial charge in [0.15, 0.2) is 11.0 Å². The van der Waals surface area contributed by atoms with Gasteiger partial charge >= 0.3 is 0 Å². The molecule has 3 aliphatic rings. The van der Waals surface area contributed by atoms with Crippen LogP contribution in [0.3, 0.4) is 0 Å². The predicted molar refractivity (Wildman–Crippen MR) is 126 cm³/mol. The molecule has 1 aromatic carbocycles. The number of nitrogens with one attached hydrogen (secondary N) is 1. The van der Waals surface area contributed by atoms with Gasteiger partial charge in [-0.2, -0.15) is 10.0 Å². The maximum absolute atomic E-state index is 12.8. The van der Waals surface area contributed by atoms with Crippen molar-refractivity contribution in [2.24, 2.45) is 10.1 Å². The minimum absolute atomic E-state index is 0.0549. The van der Waals surface area contributed by atoms with E-state index in [1.54, 1.807) is 6.08 Å². The van der Waals surface area contributed by atoms with Crippen LogP contribution in [0.15, 0.2) is 46.0 Å². The number of hydrazone groups is 1. The number of aliphatic imine (C=N–C) groups is 1. The molecule has 3 aliphatic heterocycles. The molecule has 7 nitrogen and oxygen atoms in total. The molecule has 5 rings (SSSR count). The Labute approximate surface area is 189 Å². The van der Waals surface area contributed by atoms with E-state index in [1.165, 1.54) is 16.8 Å². The van der Waals surface area contributed by atoms with Crippen molar-refractivity contribution in [3.63, 3.8) is 0 Å². The van der Waals surface area contributed by atoms with Crippen LogP contribution < -0.4 is 0 Å². The van der Waals surface area contributed by atoms with Crippen LogP contribution in [0.1, 0.15) is 29.8 Å². The molecule has 0 atom stereocenters. The summed E-state index contributed by atoms with van der Waals surface area (Å²) in [6.45, 7) is 5.87. The van der Waals surface area contributed by atoms with Gasteiger partial charge in [0.2, 0.25) is 5.17 Å². The van der Waals surface area contributed by atoms with E-state index >= 15 is 0 Å². The number of hydrogen-bond donors (Lipinski definition) is 1. The van der Waals surface area contributed by atoms with Crippen LogP contribution >= 0.6 is 23.4 Å². The Kier molecular flexibility index (Phi) is 4.98. The van der Waals surface area contributed by atoms with Gasteiger partial charge < -0.3 is 9.47 Å². The highest BCUT2D eigenvalue weighted by molar-refractivity contribution is 8.26. The molecule has 1 amide bonds. The van der Waals surface area contributed by atoms with Crippen LogP contribution in [0.5, 0.6) is 0 Å². The van der Waals surface area contributed by atoms with Crippen LogP contribution in [0, 0.1) is 19.3 Å². The SMILES string of the molecule is Cc1cc(/C=C2\C(=N)N3N=C(N4CCCC4)SC3=NC2=O)c(C)n1-c1ccccc1Cl. The number of fused-ring (bicyclic) bond motifs is 1. The normalized spacial score (nSPS) is 19.9. The maximum atomic E-state index is 12.8. The fourth-order valence-corrected chi connectivity index (χ4v) is 5.28. The fourth-order valence-electron chi connectivity index (χ4n) is 4.11. The Bertz CT molecular complexity index is 1200. The number of benzene rings is 1. The molecule has 0 bridgehead atoms. The minimum Gasteiger partial charge on any atom is -0.349 e. The maximum Gasteiger partial charge on any atom is 0.283 e. The zero-order chi connectivity index (χ0) is 21.7. The van der Waals surface area contributed by atoms with Gasteiger partial charge in [-0.15, -0.1) is 5.10 Å². The van der Waals surface area contributed by atoms with E-state index in [2.05, 4.69) is 19.6 Å². The van der Waals surface area contributed by atoms with Crippen molar-refractivity contribution in [2.75, 3.05) is 13.1 Å². The molecular weight excluding hydrogens is 432 g/mol. The van der Waals surface area contributed by atoms with Gasteiger partial charge in [0.1, 0.15) is 0 Å². The summed E-state index contributed by atoms with van der Waals surface area (Å²) in [7, 11) is 0. The topological polar surface area (TPSA) is 77.1 Å². The first kappa shape index (κ1) is 20.1. The number of likely N-dealkylation sites (tertiary alicyclic amines) is 1. The molecule has 4 heterocycles. The van der Waals surface area contributed by atoms with Crippen LogP contribution in [0.25, 0.3) is 11.8 Å². The lowest BCUT2D eigenvalue weighted by Crippen LogP contribution is -2.35. The number of thioether (sulfide) groups is 1. The van der Waals surface area contributed by atoms with E-state index in [0.29, 0.717) is 10.2 Å². The first-order valence-corrected chi connectivity index (χ1v) is 11.3. The number of halogens is 1. The Hall–Kier alpha value is -2.84. The molecule has 0 spiro atoms. The molecule has 1 fully saturated rings. The summed E-state index contributed by atoms with van der Waals surface area (Å²) in [6, 6.07) is 9.63. The molecule has 0 saturated carbocycles. The molecule has 1 aromatic heterocycles. The van der Waals surface area contributed by atoms with E-state index < -0.39 is 5.91 Å². The van der Waals surface area contributed by atoms with Crippen molar-refractivity contribution in [2.45, 2.75) is 26.7 Å². The number of carbonyl (C=O) groups excluding carboxylic acids is 1. The summed E-state index contributed by atoms with van der Waals surface area (Å²) in [4.78, 5) is 19.2. The molecule has 0 radical (unpaired) electrons. The quantitative estimate of drug-likeness (QED) is 0.684. The summed E-state index contributed by atoms with van der Waals surface area (Å²) in [5, 5.41) is 16.6. The van der Waals surface area contributed by atoms with Gasteiger partial charge in [-0.3, -0.25) is 10.2 Å². The zero-order valence-electron chi connectivity index (χ0n) is 17.2. The van der Waals surface area contributed by atoms with Crippen molar-refractivity contribution in [1.29, 1.82) is 5.41 Å². The highest BCUT2D eigenvalue weighted by Crippen LogP contribution is 2.32. The van der Waals surface area contributed by atoms with Crippen molar-refractivity contribution >= 4 is 51.5 Å². The summed E-state index contributed by atoms with van der Waals surface area (Å²) in [5.41, 5.74) is 3.88. The molecule has 158 valence electrons. The lowest BCUT2D eigenvalue weighted by Gasteiger charge is -2.20. The van der Waals surface area contributed by atoms with Gasteiger partial charge in [0.25, 0.3) is 5.91 Å². The number of aryl methyl sites for hydroxylation is 1. The Balaban J connectivity index is 1.51. The van der Waals surface area contributed by atoms with Gasteiger partial charge in [-0.1, -0.05) is 23.7 Å². The van der Waals surface area contributed by atoms with Crippen LogP contribution in [0.4, 0.5) is 0 Å². The second kappa shape index (κ2) is 7.69. The van der Waals surface area contributed by atoms with Crippen LogP contribution in [-0.4, -0.2) is 49.6 Å². The molecule has 2 aromatic rings. The number of rotatable bonds is 2. The van der Waals surface area contributed by atoms with Crippen LogP contribution in [0.2, 0.25) is 5.02 Å². The molecule has 0 unspecified atom stereocenters. The van der Waals surface area contributed by atoms with Crippen molar-refractivity contribution < 1.29 is 4.79 Å². The van der Waals surface area contributed by atoms with Gasteiger partial charge in [0, 0.05) is 24.5 Å². The minimum atomic E-state index is -0.413. The zero-order valence-corrected chi connectivity index (χ0v) is 18.8. The van der Waals surface area contributed by atoms with Crippen molar-refractivity contribution in [3.8, 4) is 5.69 Å². The lowest BCUT2D eigenvalue weighted by molar-refractivity contribution is -0.114. The van der Waals surface area contributed by atoms with E-state index in [4.69, 9.17) is 17.0 Å². The monoisotopic (exact) mass is 452 g/mol. The van der Waals surface area contributed by atoms with E-state index in [0.717, 1.165) is 53.7 Å². The van der Waals surface area contributed by atoms with Crippen LogP contribution in [-0.2, 0) is 4.79 Å². The molecule has 1 saturated heterocycles. The number of para-hydroxylation sites is 1. The summed E-state index contributed by atoms with van der Waals surface area (Å²) in [5.74, 6) is -0.358. The largest absolute Gasteiger partial charge is 0.349 e. The molecule has 1 N–H and O–H groups in total. The Morgan fingerprint density at radius 3 is 2.65 bits per heavy atom. The number of carbonyl (C=O) groups is 1. The number of aromatic nitrogens is 1. The standard InChI is InChI=1S/C22H21ClN6OS/c1-13-11-15(14(2)28(13)18-8-4-3-7-17(18)23)12-16-19(24)29-21(25-20(16)30)31-22(26-29)27-9-5-6-10-27/h3-4,7-8,11-12,24H,5-6,9-10H2,1-2H3/b16-12+,24-19?. The summed E-state index contributed by atoms with van der Waals surface area (Å²) >= 11 is 7.77. The summed E-state index contributed by atoms with van der Waals surface area (Å²) < 4.78 is 2.05. The van der Waals surface area contributed by atoms with Gasteiger partial charge in [-0.05, 0) is 68.3 Å². The fraction of sp³-hybridized carbons (Fsp3) is 0.273. The van der Waals surface area contributed by atoms with E-state index in [9.17, 15) is 4.79 Å². The number of amidine groups is 3. The first-order chi connectivity index (χ1) is 14.9. The third-order valence-corrected chi connectivity index (χ3v) is 6.97. The number of nitrogens with zero attached hydrogens (tertiary/aromatic N) is 5. The van der Waals surface area contributed by atoms with Crippen molar-refractivity contribution in [3.05, 3.63) is 57.9 Å². The second-order valence-corrected chi connectivity index (χ2v) is 9.05. The van der Waals surface area contributed by atoms with Gasteiger partial charge in [0.05, 0.1) is 16.3 Å². The number of amides is 1. The predicted octanol–water partition coefficient (Wildman–Crippen LogP) is 4.42. The second-order valence-electron chi connectivity index (χ2n) is 7.71. The number of hydrogen-bond acceptors (Lipinski definition) is 5. The van der Waals surface area contributed by atoms with Gasteiger partial charge in [-0.25, -0.2) is 0 Å². The average Bonchev–Trinajstić information content (AvgIpc) is 3.46. The van der Waals surface area contributed by atoms with E-state index in [-0.39, 0.29) is 11.4 Å². The first-order valence-electron chi connectivity index (χ1n) is 10.1.